The molecule has 1 aromatic carbocycles. The Balaban J connectivity index is 2.94. The molecule has 0 amide bonds. The molecule has 0 aliphatic carbocycles. The number of hydrogen-bond acceptors (Lipinski definition) is 4. The molecule has 0 N–H and O–H groups in total. The van der Waals surface area contributed by atoms with E-state index in [4.69, 9.17) is 14.2 Å². The number of benzene rings is 1. The molecule has 0 unspecified atom stereocenters. The SMILES string of the molecule is COCCOC(=O)/C(=C/c1c(F)cccc1F)COC. The van der Waals surface area contributed by atoms with Crippen molar-refractivity contribution in [3.8, 4) is 0 Å². The Hall–Kier alpha value is -1.79. The first-order valence-electron chi connectivity index (χ1n) is 5.89. The third kappa shape index (κ3) is 4.71. The summed E-state index contributed by atoms with van der Waals surface area (Å²) < 4.78 is 41.5. The number of halogens is 2. The van der Waals surface area contributed by atoms with Gasteiger partial charge in [0, 0.05) is 19.8 Å². The second kappa shape index (κ2) is 8.39. The molecule has 0 bridgehead atoms. The Labute approximate surface area is 115 Å². The smallest absolute Gasteiger partial charge is 0.336 e. The molecule has 0 saturated heterocycles. The highest BCUT2D eigenvalue weighted by molar-refractivity contribution is 5.94. The van der Waals surface area contributed by atoms with Crippen LogP contribution >= 0.6 is 0 Å². The van der Waals surface area contributed by atoms with Crippen molar-refractivity contribution in [2.75, 3.05) is 34.0 Å². The maximum atomic E-state index is 13.5. The van der Waals surface area contributed by atoms with Gasteiger partial charge in [-0.1, -0.05) is 6.07 Å². The van der Waals surface area contributed by atoms with Crippen LogP contribution in [0.4, 0.5) is 8.78 Å². The maximum absolute atomic E-state index is 13.5. The van der Waals surface area contributed by atoms with Gasteiger partial charge in [0.1, 0.15) is 18.2 Å². The van der Waals surface area contributed by atoms with Crippen molar-refractivity contribution in [2.24, 2.45) is 0 Å². The monoisotopic (exact) mass is 286 g/mol. The summed E-state index contributed by atoms with van der Waals surface area (Å²) in [6, 6.07) is 3.46. The Morgan fingerprint density at radius 3 is 2.35 bits per heavy atom. The summed E-state index contributed by atoms with van der Waals surface area (Å²) in [6.07, 6.45) is 1.09. The lowest BCUT2D eigenvalue weighted by Crippen LogP contribution is -2.15. The van der Waals surface area contributed by atoms with E-state index in [1.165, 1.54) is 20.3 Å². The average molecular weight is 286 g/mol. The van der Waals surface area contributed by atoms with Crippen molar-refractivity contribution in [3.05, 3.63) is 41.0 Å². The highest BCUT2D eigenvalue weighted by Gasteiger charge is 2.14. The highest BCUT2D eigenvalue weighted by Crippen LogP contribution is 2.16. The number of esters is 1. The molecule has 1 rings (SSSR count). The lowest BCUT2D eigenvalue weighted by atomic mass is 10.1. The van der Waals surface area contributed by atoms with Gasteiger partial charge in [-0.15, -0.1) is 0 Å². The van der Waals surface area contributed by atoms with E-state index in [-0.39, 0.29) is 31.0 Å². The van der Waals surface area contributed by atoms with Crippen LogP contribution in [0.1, 0.15) is 5.56 Å². The van der Waals surface area contributed by atoms with Crippen molar-refractivity contribution in [3.63, 3.8) is 0 Å². The fourth-order valence-corrected chi connectivity index (χ4v) is 1.45. The number of rotatable bonds is 7. The van der Waals surface area contributed by atoms with Crippen molar-refractivity contribution < 1.29 is 27.8 Å². The lowest BCUT2D eigenvalue weighted by molar-refractivity contribution is -0.140. The van der Waals surface area contributed by atoms with E-state index in [1.807, 2.05) is 0 Å². The van der Waals surface area contributed by atoms with Crippen LogP contribution in [0.25, 0.3) is 6.08 Å². The van der Waals surface area contributed by atoms with E-state index in [1.54, 1.807) is 0 Å². The molecule has 0 aromatic heterocycles. The van der Waals surface area contributed by atoms with Crippen LogP contribution in [0.15, 0.2) is 23.8 Å². The van der Waals surface area contributed by atoms with Gasteiger partial charge in [-0.25, -0.2) is 13.6 Å². The zero-order valence-electron chi connectivity index (χ0n) is 11.3. The minimum atomic E-state index is -0.761. The van der Waals surface area contributed by atoms with Crippen molar-refractivity contribution >= 4 is 12.0 Å². The standard InChI is InChI=1S/C14H16F2O4/c1-18-6-7-20-14(17)10(9-19-2)8-11-12(15)4-3-5-13(11)16/h3-5,8H,6-7,9H2,1-2H3/b10-8+. The molecular weight excluding hydrogens is 270 g/mol. The van der Waals surface area contributed by atoms with E-state index in [0.29, 0.717) is 0 Å². The molecular formula is C14H16F2O4. The molecule has 20 heavy (non-hydrogen) atoms. The molecule has 0 atom stereocenters. The van der Waals surface area contributed by atoms with Gasteiger partial charge in [-0.3, -0.25) is 0 Å². The van der Waals surface area contributed by atoms with Crippen LogP contribution in [0.5, 0.6) is 0 Å². The van der Waals surface area contributed by atoms with Crippen molar-refractivity contribution in [1.82, 2.24) is 0 Å². The first-order valence-corrected chi connectivity index (χ1v) is 5.89. The number of hydrogen-bond donors (Lipinski definition) is 0. The largest absolute Gasteiger partial charge is 0.460 e. The Kier molecular flexibility index (Phi) is 6.83. The van der Waals surface area contributed by atoms with Gasteiger partial charge >= 0.3 is 5.97 Å². The van der Waals surface area contributed by atoms with E-state index in [2.05, 4.69) is 0 Å². The number of ether oxygens (including phenoxy) is 3. The molecule has 0 aliphatic rings. The molecule has 0 spiro atoms. The van der Waals surface area contributed by atoms with Crippen LogP contribution in [0.2, 0.25) is 0 Å². The Morgan fingerprint density at radius 1 is 1.15 bits per heavy atom. The van der Waals surface area contributed by atoms with Gasteiger partial charge in [-0.05, 0) is 18.2 Å². The normalized spacial score (nSPS) is 11.5. The van der Waals surface area contributed by atoms with Crippen LogP contribution in [0.3, 0.4) is 0 Å². The van der Waals surface area contributed by atoms with E-state index >= 15 is 0 Å². The van der Waals surface area contributed by atoms with Gasteiger partial charge in [0.05, 0.1) is 18.8 Å². The lowest BCUT2D eigenvalue weighted by Gasteiger charge is -2.08. The second-order valence-electron chi connectivity index (χ2n) is 3.87. The molecule has 1 aromatic rings. The predicted molar refractivity (Wildman–Crippen MR) is 69.0 cm³/mol. The van der Waals surface area contributed by atoms with E-state index in [9.17, 15) is 13.6 Å². The Morgan fingerprint density at radius 2 is 1.80 bits per heavy atom. The minimum absolute atomic E-state index is 0.0209. The third-order valence-corrected chi connectivity index (χ3v) is 2.40. The molecule has 0 aliphatic heterocycles. The predicted octanol–water partition coefficient (Wildman–Crippen LogP) is 2.18. The molecule has 0 fully saturated rings. The molecule has 0 heterocycles. The molecule has 0 saturated carbocycles. The summed E-state index contributed by atoms with van der Waals surface area (Å²) >= 11 is 0. The van der Waals surface area contributed by atoms with Gasteiger partial charge in [0.25, 0.3) is 0 Å². The summed E-state index contributed by atoms with van der Waals surface area (Å²) in [5, 5.41) is 0. The van der Waals surface area contributed by atoms with Crippen LogP contribution in [-0.4, -0.2) is 40.0 Å². The maximum Gasteiger partial charge on any atom is 0.336 e. The fraction of sp³-hybridized carbons (Fsp3) is 0.357. The number of methoxy groups -OCH3 is 2. The van der Waals surface area contributed by atoms with Crippen molar-refractivity contribution in [1.29, 1.82) is 0 Å². The minimum Gasteiger partial charge on any atom is -0.460 e. The van der Waals surface area contributed by atoms with Gasteiger partial charge in [0.2, 0.25) is 0 Å². The molecule has 4 nitrogen and oxygen atoms in total. The summed E-state index contributed by atoms with van der Waals surface area (Å²) in [6.45, 7) is 0.176. The first kappa shape index (κ1) is 16.3. The van der Waals surface area contributed by atoms with E-state index < -0.39 is 17.6 Å². The van der Waals surface area contributed by atoms with Gasteiger partial charge in [-0.2, -0.15) is 0 Å². The quantitative estimate of drug-likeness (QED) is 0.438. The number of carbonyl (C=O) groups is 1. The molecule has 110 valence electrons. The number of carbonyl (C=O) groups excluding carboxylic acids is 1. The summed E-state index contributed by atoms with van der Waals surface area (Å²) in [4.78, 5) is 11.8. The summed E-state index contributed by atoms with van der Waals surface area (Å²) in [5.74, 6) is -2.22. The summed E-state index contributed by atoms with van der Waals surface area (Å²) in [7, 11) is 2.84. The highest BCUT2D eigenvalue weighted by atomic mass is 19.1. The molecule has 0 radical (unpaired) electrons. The van der Waals surface area contributed by atoms with Crippen LogP contribution < -0.4 is 0 Å². The third-order valence-electron chi connectivity index (χ3n) is 2.40. The zero-order chi connectivity index (χ0) is 15.0. The fourth-order valence-electron chi connectivity index (χ4n) is 1.45. The first-order chi connectivity index (χ1) is 9.60. The van der Waals surface area contributed by atoms with Gasteiger partial charge < -0.3 is 14.2 Å². The topological polar surface area (TPSA) is 44.8 Å². The van der Waals surface area contributed by atoms with Gasteiger partial charge in [0.15, 0.2) is 0 Å². The van der Waals surface area contributed by atoms with E-state index in [0.717, 1.165) is 18.2 Å². The van der Waals surface area contributed by atoms with Crippen LogP contribution in [0, 0.1) is 11.6 Å². The Bertz CT molecular complexity index is 466. The van der Waals surface area contributed by atoms with Crippen molar-refractivity contribution in [2.45, 2.75) is 0 Å². The molecule has 6 heteroatoms. The van der Waals surface area contributed by atoms with Crippen LogP contribution in [-0.2, 0) is 19.0 Å². The summed E-state index contributed by atoms with van der Waals surface area (Å²) in [5.41, 5.74) is -0.282. The zero-order valence-corrected chi connectivity index (χ0v) is 11.3. The average Bonchev–Trinajstić information content (AvgIpc) is 2.42. The second-order valence-corrected chi connectivity index (χ2v) is 3.87.